The Kier molecular flexibility index (Phi) is 4.42. The number of alkyl halides is 3. The van der Waals surface area contributed by atoms with Crippen LogP contribution in [0.15, 0.2) is 18.2 Å². The number of halogens is 3. The lowest BCUT2D eigenvalue weighted by molar-refractivity contribution is -0.392. The predicted molar refractivity (Wildman–Crippen MR) is 79.7 cm³/mol. The van der Waals surface area contributed by atoms with Gasteiger partial charge in [-0.3, -0.25) is 20.2 Å². The molecule has 0 radical (unpaired) electrons. The molecule has 8 nitrogen and oxygen atoms in total. The average molecular weight is 362 g/mol. The topological polar surface area (TPSA) is 102 Å². The zero-order chi connectivity index (χ0) is 18.2. The van der Waals surface area contributed by atoms with E-state index in [0.717, 1.165) is 16.4 Å². The van der Waals surface area contributed by atoms with Gasteiger partial charge in [-0.2, -0.15) is 17.5 Å². The lowest BCUT2D eigenvalue weighted by atomic mass is 10.1. The maximum atomic E-state index is 12.9. The number of nitro benzene ring substituents is 2. The summed E-state index contributed by atoms with van der Waals surface area (Å²) in [5.41, 5.74) is -3.45. The predicted octanol–water partition coefficient (Wildman–Crippen LogP) is 4.05. The van der Waals surface area contributed by atoms with E-state index in [1.54, 1.807) is 6.92 Å². The summed E-state index contributed by atoms with van der Waals surface area (Å²) in [6.45, 7) is 1.64. The first-order chi connectivity index (χ1) is 11.0. The van der Waals surface area contributed by atoms with Crippen molar-refractivity contribution < 1.29 is 23.0 Å². The number of nitrogens with zero attached hydrogens (tertiary/aromatic N) is 4. The second kappa shape index (κ2) is 6.03. The lowest BCUT2D eigenvalue weighted by Gasteiger charge is -2.17. The standard InChI is InChI=1S/C12H9F3N4O4S/c1-6-3-10(24-16-6)17(2)11-8(18(20)21)4-7(12(13,14)15)5-9(11)19(22)23/h3-5H,1-2H3. The molecule has 12 heteroatoms. The molecule has 0 atom stereocenters. The number of aromatic nitrogens is 1. The van der Waals surface area contributed by atoms with Crippen molar-refractivity contribution in [3.63, 3.8) is 0 Å². The lowest BCUT2D eigenvalue weighted by Crippen LogP contribution is -2.15. The number of benzene rings is 1. The van der Waals surface area contributed by atoms with Crippen LogP contribution >= 0.6 is 11.5 Å². The quantitative estimate of drug-likeness (QED) is 0.600. The van der Waals surface area contributed by atoms with Crippen molar-refractivity contribution in [1.82, 2.24) is 4.37 Å². The number of aryl methyl sites for hydroxylation is 1. The molecule has 1 aromatic carbocycles. The summed E-state index contributed by atoms with van der Waals surface area (Å²) >= 11 is 0.912. The van der Waals surface area contributed by atoms with Crippen LogP contribution in [0.5, 0.6) is 0 Å². The summed E-state index contributed by atoms with van der Waals surface area (Å²) in [6, 6.07) is 2.08. The summed E-state index contributed by atoms with van der Waals surface area (Å²) < 4.78 is 42.6. The van der Waals surface area contributed by atoms with Crippen LogP contribution in [0.4, 0.5) is 35.2 Å². The number of anilines is 2. The normalized spacial score (nSPS) is 11.4. The van der Waals surface area contributed by atoms with Gasteiger partial charge < -0.3 is 4.90 Å². The van der Waals surface area contributed by atoms with Gasteiger partial charge in [-0.25, -0.2) is 0 Å². The van der Waals surface area contributed by atoms with Gasteiger partial charge in [-0.15, -0.1) is 0 Å². The highest BCUT2D eigenvalue weighted by Gasteiger charge is 2.39. The third-order valence-corrected chi connectivity index (χ3v) is 4.03. The van der Waals surface area contributed by atoms with E-state index in [-0.39, 0.29) is 12.1 Å². The summed E-state index contributed by atoms with van der Waals surface area (Å²) in [5, 5.41) is 22.7. The van der Waals surface area contributed by atoms with Crippen molar-refractivity contribution in [2.45, 2.75) is 13.1 Å². The van der Waals surface area contributed by atoms with E-state index in [1.807, 2.05) is 0 Å². The number of nitro groups is 2. The number of hydrogen-bond donors (Lipinski definition) is 0. The first kappa shape index (κ1) is 17.6. The Bertz CT molecular complexity index is 786. The van der Waals surface area contributed by atoms with Gasteiger partial charge in [0.15, 0.2) is 5.69 Å². The van der Waals surface area contributed by atoms with E-state index in [1.165, 1.54) is 13.1 Å². The molecule has 1 heterocycles. The second-order valence-corrected chi connectivity index (χ2v) is 5.52. The summed E-state index contributed by atoms with van der Waals surface area (Å²) in [6.07, 6.45) is -4.95. The van der Waals surface area contributed by atoms with E-state index in [4.69, 9.17) is 0 Å². The molecule has 24 heavy (non-hydrogen) atoms. The summed E-state index contributed by atoms with van der Waals surface area (Å²) in [7, 11) is 1.29. The van der Waals surface area contributed by atoms with Gasteiger partial charge in [0.1, 0.15) is 5.00 Å². The monoisotopic (exact) mass is 362 g/mol. The first-order valence-electron chi connectivity index (χ1n) is 6.23. The van der Waals surface area contributed by atoms with E-state index in [0.29, 0.717) is 10.7 Å². The first-order valence-corrected chi connectivity index (χ1v) is 7.00. The highest BCUT2D eigenvalue weighted by molar-refractivity contribution is 7.10. The molecule has 0 amide bonds. The van der Waals surface area contributed by atoms with Crippen molar-refractivity contribution in [3.05, 3.63) is 49.7 Å². The van der Waals surface area contributed by atoms with Crippen molar-refractivity contribution >= 4 is 33.6 Å². The zero-order valence-corrected chi connectivity index (χ0v) is 13.0. The molecule has 2 aromatic rings. The largest absolute Gasteiger partial charge is 0.416 e. The highest BCUT2D eigenvalue weighted by atomic mass is 32.1. The minimum absolute atomic E-state index is 0.284. The molecule has 0 aliphatic carbocycles. The van der Waals surface area contributed by atoms with Crippen LogP contribution in [0.1, 0.15) is 11.3 Å². The fourth-order valence-corrected chi connectivity index (χ4v) is 2.74. The molecule has 0 aliphatic heterocycles. The zero-order valence-electron chi connectivity index (χ0n) is 12.2. The molecule has 0 N–H and O–H groups in total. The molecule has 0 saturated carbocycles. The van der Waals surface area contributed by atoms with E-state index in [9.17, 15) is 33.4 Å². The van der Waals surface area contributed by atoms with Crippen molar-refractivity contribution in [2.75, 3.05) is 11.9 Å². The maximum Gasteiger partial charge on any atom is 0.416 e. The molecule has 0 fully saturated rings. The fraction of sp³-hybridized carbons (Fsp3) is 0.250. The van der Waals surface area contributed by atoms with Crippen molar-refractivity contribution in [3.8, 4) is 0 Å². The van der Waals surface area contributed by atoms with Crippen LogP contribution in [0.3, 0.4) is 0 Å². The Morgan fingerprint density at radius 1 is 1.12 bits per heavy atom. The Morgan fingerprint density at radius 3 is 1.96 bits per heavy atom. The maximum absolute atomic E-state index is 12.9. The van der Waals surface area contributed by atoms with Crippen LogP contribution in [-0.2, 0) is 6.18 Å². The molecule has 0 saturated heterocycles. The van der Waals surface area contributed by atoms with Gasteiger partial charge >= 0.3 is 17.6 Å². The second-order valence-electron chi connectivity index (χ2n) is 4.74. The summed E-state index contributed by atoms with van der Waals surface area (Å²) in [4.78, 5) is 21.3. The number of hydrogen-bond acceptors (Lipinski definition) is 7. The Hall–Kier alpha value is -2.76. The highest BCUT2D eigenvalue weighted by Crippen LogP contribution is 2.45. The van der Waals surface area contributed by atoms with Crippen molar-refractivity contribution in [1.29, 1.82) is 0 Å². The van der Waals surface area contributed by atoms with Crippen molar-refractivity contribution in [2.24, 2.45) is 0 Å². The summed E-state index contributed by atoms with van der Waals surface area (Å²) in [5.74, 6) is 0. The minimum atomic E-state index is -4.95. The molecular weight excluding hydrogens is 353 g/mol. The number of rotatable bonds is 4. The minimum Gasteiger partial charge on any atom is -0.324 e. The molecule has 0 unspecified atom stereocenters. The molecule has 0 aliphatic rings. The Balaban J connectivity index is 2.77. The van der Waals surface area contributed by atoms with Gasteiger partial charge in [0.05, 0.1) is 21.1 Å². The molecule has 0 bridgehead atoms. The SMILES string of the molecule is Cc1cc(N(C)c2c([N+](=O)[O-])cc(C(F)(F)F)cc2[N+](=O)[O-])sn1. The van der Waals surface area contributed by atoms with Gasteiger partial charge in [0.2, 0.25) is 0 Å². The molecule has 128 valence electrons. The van der Waals surface area contributed by atoms with Crippen LogP contribution in [0.2, 0.25) is 0 Å². The van der Waals surface area contributed by atoms with Crippen LogP contribution in [0.25, 0.3) is 0 Å². The molecule has 0 spiro atoms. The van der Waals surface area contributed by atoms with E-state index < -0.39 is 38.6 Å². The third kappa shape index (κ3) is 3.27. The Morgan fingerprint density at radius 2 is 1.62 bits per heavy atom. The third-order valence-electron chi connectivity index (χ3n) is 3.07. The van der Waals surface area contributed by atoms with Gasteiger partial charge in [-0.1, -0.05) is 0 Å². The van der Waals surface area contributed by atoms with Crippen LogP contribution in [0, 0.1) is 27.2 Å². The fourth-order valence-electron chi connectivity index (χ4n) is 2.01. The molecule has 2 rings (SSSR count). The van der Waals surface area contributed by atoms with Gasteiger partial charge in [0.25, 0.3) is 0 Å². The average Bonchev–Trinajstić information content (AvgIpc) is 2.90. The van der Waals surface area contributed by atoms with Gasteiger partial charge in [-0.05, 0) is 24.5 Å². The van der Waals surface area contributed by atoms with E-state index >= 15 is 0 Å². The molecular formula is C12H9F3N4O4S. The smallest absolute Gasteiger partial charge is 0.324 e. The Labute approximate surface area is 136 Å². The van der Waals surface area contributed by atoms with Crippen LogP contribution < -0.4 is 4.90 Å². The van der Waals surface area contributed by atoms with Crippen LogP contribution in [-0.4, -0.2) is 21.3 Å². The van der Waals surface area contributed by atoms with Gasteiger partial charge in [0, 0.05) is 19.2 Å². The van der Waals surface area contributed by atoms with E-state index in [2.05, 4.69) is 4.37 Å². The molecule has 1 aromatic heterocycles.